The lowest BCUT2D eigenvalue weighted by Crippen LogP contribution is -2.38. The fraction of sp³-hybridized carbons (Fsp3) is 0.321. The molecule has 0 spiro atoms. The van der Waals surface area contributed by atoms with Gasteiger partial charge >= 0.3 is 0 Å². The van der Waals surface area contributed by atoms with Crippen molar-refractivity contribution in [1.82, 2.24) is 25.6 Å². The summed E-state index contributed by atoms with van der Waals surface area (Å²) in [6.07, 6.45) is 5.41. The van der Waals surface area contributed by atoms with Gasteiger partial charge in [0.2, 0.25) is 5.95 Å². The highest BCUT2D eigenvalue weighted by Gasteiger charge is 2.25. The summed E-state index contributed by atoms with van der Waals surface area (Å²) in [7, 11) is 4.09. The largest absolute Gasteiger partial charge is 0.378 e. The van der Waals surface area contributed by atoms with Gasteiger partial charge in [0.15, 0.2) is 0 Å². The van der Waals surface area contributed by atoms with Crippen LogP contribution in [0.2, 0.25) is 0 Å². The number of hydrogen-bond acceptors (Lipinski definition) is 9. The topological polar surface area (TPSA) is 103 Å². The maximum Gasteiger partial charge on any atom is 0.290 e. The number of rotatable bonds is 8. The third-order valence-corrected chi connectivity index (χ3v) is 7.50. The molecule has 0 saturated carbocycles. The van der Waals surface area contributed by atoms with E-state index < -0.39 is 0 Å². The molecule has 0 radical (unpaired) electrons. The Morgan fingerprint density at radius 3 is 2.68 bits per heavy atom. The minimum absolute atomic E-state index is 0.353. The molecule has 3 aromatic rings. The van der Waals surface area contributed by atoms with E-state index in [1.54, 1.807) is 18.3 Å². The van der Waals surface area contributed by atoms with E-state index in [2.05, 4.69) is 72.9 Å². The van der Waals surface area contributed by atoms with Gasteiger partial charge in [0.1, 0.15) is 0 Å². The van der Waals surface area contributed by atoms with Crippen molar-refractivity contribution < 1.29 is 9.59 Å². The van der Waals surface area contributed by atoms with Crippen LogP contribution >= 0.6 is 11.8 Å². The summed E-state index contributed by atoms with van der Waals surface area (Å²) in [6, 6.07) is 16.4. The van der Waals surface area contributed by atoms with E-state index in [1.807, 2.05) is 14.1 Å². The third-order valence-electron chi connectivity index (χ3n) is 6.69. The van der Waals surface area contributed by atoms with Crippen LogP contribution in [0.25, 0.3) is 17.3 Å². The lowest BCUT2D eigenvalue weighted by atomic mass is 9.97. The van der Waals surface area contributed by atoms with Crippen LogP contribution < -0.4 is 20.4 Å². The number of carbonyl (C=O) groups excluding carboxylic acids is 2. The van der Waals surface area contributed by atoms with Gasteiger partial charge in [0, 0.05) is 51.2 Å². The van der Waals surface area contributed by atoms with Crippen LogP contribution in [0.1, 0.15) is 24.2 Å². The number of anilines is 2. The number of aromatic nitrogens is 3. The monoisotopic (exact) mass is 529 g/mol. The van der Waals surface area contributed by atoms with Crippen LogP contribution in [0.4, 0.5) is 16.4 Å². The smallest absolute Gasteiger partial charge is 0.290 e. The lowest BCUT2D eigenvalue weighted by molar-refractivity contribution is -0.115. The number of amides is 2. The average molecular weight is 530 g/mol. The molecule has 4 heterocycles. The Kier molecular flexibility index (Phi) is 8.00. The average Bonchev–Trinajstić information content (AvgIpc) is 3.25. The van der Waals surface area contributed by atoms with Crippen LogP contribution in [0.15, 0.2) is 59.6 Å². The summed E-state index contributed by atoms with van der Waals surface area (Å²) < 4.78 is 0. The molecule has 2 aromatic heterocycles. The molecule has 0 atom stereocenters. The zero-order chi connectivity index (χ0) is 26.5. The van der Waals surface area contributed by atoms with Crippen LogP contribution in [0.5, 0.6) is 0 Å². The molecular formula is C28H31N7O2S. The predicted octanol–water partition coefficient (Wildman–Crippen LogP) is 3.93. The van der Waals surface area contributed by atoms with Crippen molar-refractivity contribution in [3.05, 3.63) is 71.0 Å². The Labute approximate surface area is 226 Å². The standard InChI is InChI=1S/C28H31N7O2S/c1-34(2)23-7-3-5-20(15-23)24-8-4-6-22(31-24)18-29-17-19-10-13-35(14-11-19)27-30-12-9-21(32-27)16-25-26(36)33-28(37)38-25/h3-9,12,15-16,19,29H,10-11,13-14,17-18H2,1-2H3,(H,33,36,37). The van der Waals surface area contributed by atoms with E-state index in [0.717, 1.165) is 73.4 Å². The molecule has 9 nitrogen and oxygen atoms in total. The summed E-state index contributed by atoms with van der Waals surface area (Å²) in [5, 5.41) is 5.50. The Morgan fingerprint density at radius 2 is 1.92 bits per heavy atom. The van der Waals surface area contributed by atoms with Crippen molar-refractivity contribution in [2.75, 3.05) is 43.5 Å². The summed E-state index contributed by atoms with van der Waals surface area (Å²) in [6.45, 7) is 3.41. The first-order valence-electron chi connectivity index (χ1n) is 12.7. The number of hydrogen-bond donors (Lipinski definition) is 2. The fourth-order valence-corrected chi connectivity index (χ4v) is 5.24. The zero-order valence-corrected chi connectivity index (χ0v) is 22.4. The van der Waals surface area contributed by atoms with Crippen molar-refractivity contribution in [2.24, 2.45) is 5.92 Å². The lowest BCUT2D eigenvalue weighted by Gasteiger charge is -2.32. The minimum Gasteiger partial charge on any atom is -0.378 e. The van der Waals surface area contributed by atoms with Crippen LogP contribution in [-0.2, 0) is 11.3 Å². The molecule has 0 unspecified atom stereocenters. The summed E-state index contributed by atoms with van der Waals surface area (Å²) in [4.78, 5) is 41.8. The van der Waals surface area contributed by atoms with Crippen molar-refractivity contribution in [1.29, 1.82) is 0 Å². The molecule has 0 aliphatic carbocycles. The number of piperidine rings is 1. The maximum absolute atomic E-state index is 11.8. The summed E-state index contributed by atoms with van der Waals surface area (Å²) in [5.74, 6) is 0.842. The molecule has 1 aromatic carbocycles. The first-order chi connectivity index (χ1) is 18.4. The van der Waals surface area contributed by atoms with E-state index in [4.69, 9.17) is 4.98 Å². The number of benzene rings is 1. The normalized spacial score (nSPS) is 17.2. The van der Waals surface area contributed by atoms with Crippen molar-refractivity contribution in [3.63, 3.8) is 0 Å². The molecule has 2 saturated heterocycles. The highest BCUT2D eigenvalue weighted by Crippen LogP contribution is 2.26. The Hall–Kier alpha value is -3.76. The first-order valence-corrected chi connectivity index (χ1v) is 13.5. The number of thioether (sulfide) groups is 1. The molecule has 2 aliphatic rings. The second-order valence-electron chi connectivity index (χ2n) is 9.65. The molecule has 10 heteroatoms. The van der Waals surface area contributed by atoms with Gasteiger partial charge in [-0.3, -0.25) is 19.9 Å². The highest BCUT2D eigenvalue weighted by atomic mass is 32.2. The van der Waals surface area contributed by atoms with Crippen LogP contribution in [0.3, 0.4) is 0 Å². The van der Waals surface area contributed by atoms with Gasteiger partial charge in [-0.2, -0.15) is 0 Å². The molecule has 2 amide bonds. The molecule has 2 N–H and O–H groups in total. The SMILES string of the molecule is CN(C)c1cccc(-c2cccc(CNCC3CCN(c4nccc(C=C5SC(=O)NC5=O)n4)CC3)n2)c1. The van der Waals surface area contributed by atoms with Gasteiger partial charge in [-0.05, 0) is 73.5 Å². The van der Waals surface area contributed by atoms with Crippen LogP contribution in [-0.4, -0.2) is 59.8 Å². The zero-order valence-electron chi connectivity index (χ0n) is 21.6. The van der Waals surface area contributed by atoms with Gasteiger partial charge < -0.3 is 15.1 Å². The number of carbonyl (C=O) groups is 2. The highest BCUT2D eigenvalue weighted by molar-refractivity contribution is 8.18. The predicted molar refractivity (Wildman–Crippen MR) is 152 cm³/mol. The number of pyridine rings is 1. The molecule has 2 aliphatic heterocycles. The van der Waals surface area contributed by atoms with Gasteiger partial charge in [-0.15, -0.1) is 0 Å². The third kappa shape index (κ3) is 6.38. The van der Waals surface area contributed by atoms with Crippen molar-refractivity contribution in [3.8, 4) is 11.3 Å². The van der Waals surface area contributed by atoms with E-state index in [-0.39, 0.29) is 11.1 Å². The first kappa shape index (κ1) is 25.9. The minimum atomic E-state index is -0.381. The van der Waals surface area contributed by atoms with E-state index in [9.17, 15) is 9.59 Å². The van der Waals surface area contributed by atoms with Gasteiger partial charge in [-0.1, -0.05) is 18.2 Å². The Balaban J connectivity index is 1.12. The van der Waals surface area contributed by atoms with Crippen molar-refractivity contribution in [2.45, 2.75) is 19.4 Å². The molecule has 196 valence electrons. The van der Waals surface area contributed by atoms with E-state index >= 15 is 0 Å². The maximum atomic E-state index is 11.8. The Bertz CT molecular complexity index is 1350. The van der Waals surface area contributed by atoms with Gasteiger partial charge in [0.05, 0.1) is 22.0 Å². The molecule has 0 bridgehead atoms. The quantitative estimate of drug-likeness (QED) is 0.420. The molecule has 5 rings (SSSR count). The number of nitrogens with zero attached hydrogens (tertiary/aromatic N) is 5. The fourth-order valence-electron chi connectivity index (χ4n) is 4.57. The second kappa shape index (κ2) is 11.7. The molecule has 38 heavy (non-hydrogen) atoms. The summed E-state index contributed by atoms with van der Waals surface area (Å²) >= 11 is 0.892. The number of imide groups is 1. The van der Waals surface area contributed by atoms with Crippen LogP contribution in [0, 0.1) is 5.92 Å². The Morgan fingerprint density at radius 1 is 1.11 bits per heavy atom. The van der Waals surface area contributed by atoms with E-state index in [1.165, 1.54) is 0 Å². The summed E-state index contributed by atoms with van der Waals surface area (Å²) in [5.41, 5.74) is 4.91. The number of nitrogens with one attached hydrogen (secondary N) is 2. The van der Waals surface area contributed by atoms with E-state index in [0.29, 0.717) is 22.5 Å². The molecule has 2 fully saturated rings. The van der Waals surface area contributed by atoms with Gasteiger partial charge in [-0.25, -0.2) is 9.97 Å². The molecular weight excluding hydrogens is 498 g/mol. The van der Waals surface area contributed by atoms with Gasteiger partial charge in [0.25, 0.3) is 11.1 Å². The second-order valence-corrected chi connectivity index (χ2v) is 10.7. The van der Waals surface area contributed by atoms with Crippen molar-refractivity contribution >= 4 is 40.6 Å².